The van der Waals surface area contributed by atoms with Crippen LogP contribution >= 0.6 is 0 Å². The first-order valence-corrected chi connectivity index (χ1v) is 38.5. The Kier molecular flexibility index (Phi) is 23.9. The van der Waals surface area contributed by atoms with E-state index < -0.39 is 16.1 Å². The van der Waals surface area contributed by atoms with Gasteiger partial charge in [0, 0.05) is 57.1 Å². The Morgan fingerprint density at radius 3 is 0.723 bits per heavy atom. The van der Waals surface area contributed by atoms with Crippen molar-refractivity contribution >= 4 is 142 Å². The highest BCUT2D eigenvalue weighted by Gasteiger charge is 2.37. The van der Waals surface area contributed by atoms with Gasteiger partial charge >= 0.3 is 0 Å². The van der Waals surface area contributed by atoms with Crippen molar-refractivity contribution in [2.24, 2.45) is 0 Å². The number of fused-ring (bicyclic) bond motifs is 36. The average molecular weight is 854 g/mol. The van der Waals surface area contributed by atoms with Gasteiger partial charge in [-0.2, -0.15) is 0 Å². The van der Waals surface area contributed by atoms with Crippen molar-refractivity contribution in [3.05, 3.63) is 24.3 Å². The third-order valence-electron chi connectivity index (χ3n) is 9.65. The van der Waals surface area contributed by atoms with Gasteiger partial charge in [-0.25, -0.2) is 0 Å². The van der Waals surface area contributed by atoms with E-state index in [2.05, 4.69) is 24.3 Å². The van der Waals surface area contributed by atoms with Crippen LogP contribution in [0.1, 0.15) is 0 Å². The maximum atomic E-state index is 6.20. The first kappa shape index (κ1) is 41.9. The first-order valence-electron chi connectivity index (χ1n) is 18.0. The third kappa shape index (κ3) is 16.8. The summed E-state index contributed by atoms with van der Waals surface area (Å²) >= 11 is 0. The molecule has 0 atom stereocenters. The lowest BCUT2D eigenvalue weighted by Crippen LogP contribution is -2.51. The van der Waals surface area contributed by atoms with Crippen molar-refractivity contribution < 1.29 is 12.3 Å². The van der Waals surface area contributed by atoms with E-state index >= 15 is 0 Å². The summed E-state index contributed by atoms with van der Waals surface area (Å²) < 4.78 is 18.6. The maximum absolute atomic E-state index is 6.20. The molecule has 0 aliphatic carbocycles. The molecule has 6 aliphatic rings. The quantitative estimate of drug-likeness (QED) is 0.321. The van der Waals surface area contributed by atoms with Crippen LogP contribution in [0.25, 0.3) is 0 Å². The second kappa shape index (κ2) is 26.8. The molecule has 7 rings (SSSR count). The molecule has 0 fully saturated rings. The highest BCUT2D eigenvalue weighted by atomic mass is 28.3. The minimum Gasteiger partial charge on any atom is -0.457 e. The van der Waals surface area contributed by atoms with Crippen LogP contribution in [0.5, 0.6) is 0 Å². The minimum atomic E-state index is -1.57. The molecule has 0 saturated heterocycles. The number of hydrogen-bond acceptors (Lipinski definition) is 3. The van der Waals surface area contributed by atoms with E-state index in [0.29, 0.717) is 0 Å². The van der Waals surface area contributed by atoms with Crippen LogP contribution in [0, 0.1) is 0 Å². The second-order valence-corrected chi connectivity index (χ2v) is 38.3. The molecule has 24 radical (unpaired) electrons. The van der Waals surface area contributed by atoms with Crippen LogP contribution in [0.15, 0.2) is 24.3 Å². The molecule has 0 saturated carbocycles. The Labute approximate surface area is 321 Å². The lowest BCUT2D eigenvalue weighted by Gasteiger charge is -2.36. The zero-order valence-electron chi connectivity index (χ0n) is 28.5. The Morgan fingerprint density at radius 2 is 0.511 bits per heavy atom. The van der Waals surface area contributed by atoms with Crippen molar-refractivity contribution in [2.75, 3.05) is 0 Å². The topological polar surface area (TPSA) is 27.7 Å². The smallest absolute Gasteiger partial charge is 0.214 e. The lowest BCUT2D eigenvalue weighted by molar-refractivity contribution is 0.636. The molecule has 47 heavy (non-hydrogen) atoms. The Morgan fingerprint density at radius 1 is 0.298 bits per heavy atom. The van der Waals surface area contributed by atoms with Crippen molar-refractivity contribution in [1.29, 1.82) is 0 Å². The molecule has 0 unspecified atom stereocenters. The van der Waals surface area contributed by atoms with Crippen LogP contribution < -0.4 is 10.4 Å². The van der Waals surface area contributed by atoms with Gasteiger partial charge in [-0.05, 0) is 36.3 Å². The molecule has 1 aromatic carbocycles. The summed E-state index contributed by atoms with van der Waals surface area (Å²) in [4.78, 5) is 0. The summed E-state index contributed by atoms with van der Waals surface area (Å²) in [6, 6.07) is 45.4. The fraction of sp³-hybridized carbons (Fsp3) is 0.800. The first-order chi connectivity index (χ1) is 23.3. The summed E-state index contributed by atoms with van der Waals surface area (Å²) in [7, 11) is 8.15. The molecule has 0 aromatic heterocycles. The summed E-state index contributed by atoms with van der Waals surface area (Å²) in [5.41, 5.74) is 0. The fourth-order valence-corrected chi connectivity index (χ4v) is 39.4. The van der Waals surface area contributed by atoms with Crippen molar-refractivity contribution in [3.63, 3.8) is 0 Å². The summed E-state index contributed by atoms with van der Waals surface area (Å²) in [6.07, 6.45) is 0. The average Bonchev–Trinajstić information content (AvgIpc) is 3.09. The lowest BCUT2D eigenvalue weighted by atomic mass is 10.4. The van der Waals surface area contributed by atoms with E-state index in [4.69, 9.17) is 12.3 Å². The molecular weight excluding hydrogens is 802 g/mol. The van der Waals surface area contributed by atoms with E-state index in [1.54, 1.807) is 0 Å². The largest absolute Gasteiger partial charge is 0.457 e. The summed E-state index contributed by atoms with van der Waals surface area (Å²) in [5, 5.41) is 3.71. The monoisotopic (exact) mass is 852 g/mol. The molecule has 0 N–H and O–H groups in total. The van der Waals surface area contributed by atoms with Crippen molar-refractivity contribution in [2.45, 2.75) is 145 Å². The number of hydrogen-bond donors (Lipinski definition) is 0. The predicted molar refractivity (Wildman–Crippen MR) is 225 cm³/mol. The Hall–Kier alpha value is 2.14. The number of benzene rings is 1. The van der Waals surface area contributed by atoms with Gasteiger partial charge in [0.15, 0.2) is 0 Å². The molecule has 0 amide bonds. The molecule has 0 spiro atoms. The highest BCUT2D eigenvalue weighted by Crippen LogP contribution is 2.31. The maximum Gasteiger partial charge on any atom is 0.214 e. The molecule has 17 heteroatoms. The van der Waals surface area contributed by atoms with Crippen molar-refractivity contribution in [1.82, 2.24) is 0 Å². The molecule has 6 aliphatic heterocycles. The fourth-order valence-electron chi connectivity index (χ4n) is 6.81. The van der Waals surface area contributed by atoms with Crippen LogP contribution in [-0.2, 0) is 12.3 Å². The van der Waals surface area contributed by atoms with E-state index in [-0.39, 0.29) is 0 Å². The van der Waals surface area contributed by atoms with Crippen molar-refractivity contribution in [3.8, 4) is 0 Å². The Bertz CT molecular complexity index is 772. The van der Waals surface area contributed by atoms with E-state index in [9.17, 15) is 0 Å². The summed E-state index contributed by atoms with van der Waals surface area (Å²) in [6.45, 7) is 0. The Balaban J connectivity index is 1.67. The molecule has 4 bridgehead atoms. The highest BCUT2D eigenvalue weighted by molar-refractivity contribution is 6.94. The number of rotatable bonds is 0. The van der Waals surface area contributed by atoms with Gasteiger partial charge in [0.1, 0.15) is 0 Å². The van der Waals surface area contributed by atoms with Crippen LogP contribution in [-0.4, -0.2) is 132 Å². The van der Waals surface area contributed by atoms with E-state index in [1.807, 2.05) is 10.4 Å². The van der Waals surface area contributed by atoms with Crippen LogP contribution in [0.4, 0.5) is 0 Å². The second-order valence-electron chi connectivity index (χ2n) is 12.8. The van der Waals surface area contributed by atoms with Gasteiger partial charge in [0.2, 0.25) is 58.6 Å². The molecule has 1 aromatic rings. The van der Waals surface area contributed by atoms with Crippen LogP contribution in [0.2, 0.25) is 145 Å². The zero-order chi connectivity index (χ0) is 32.6. The predicted octanol–water partition coefficient (Wildman–Crippen LogP) is 5.56. The standard InChI is InChI=1S/C30H52O3Si14/c1-2-30-4-3-29(1)46-23-17-34-5-11-40-31-43-14-8-37-20-26-47(30,27-21-38-9-15-44-32-41-12-6-35-18-24-46)28-22-39-10-16-45-33-42-13-7-36-19-25-46/h1-4H,5-28H2. The molecule has 246 valence electrons. The van der Waals surface area contributed by atoms with Gasteiger partial charge in [-0.1, -0.05) is 143 Å². The molecule has 6 heterocycles. The van der Waals surface area contributed by atoms with Gasteiger partial charge < -0.3 is 12.3 Å². The van der Waals surface area contributed by atoms with E-state index in [1.165, 1.54) is 145 Å². The van der Waals surface area contributed by atoms with Crippen LogP contribution in [0.3, 0.4) is 0 Å². The zero-order valence-corrected chi connectivity index (χ0v) is 42.5. The van der Waals surface area contributed by atoms with Gasteiger partial charge in [-0.15, -0.1) is 0 Å². The normalized spacial score (nSPS) is 29.5. The SMILES string of the molecule is c1cc2ccc1[Si]13CC[Si]CC[Si]O[Si]CC[Si]CC[Si]2(CC[Si]CC[Si]O[Si]CC[Si]CC1)CC[Si]CC[Si]O[Si]CC[Si]CC3. The molecular formula is C30H52O3Si14. The van der Waals surface area contributed by atoms with Gasteiger partial charge in [0.25, 0.3) is 0 Å². The van der Waals surface area contributed by atoms with Gasteiger partial charge in [-0.3, -0.25) is 0 Å². The summed E-state index contributed by atoms with van der Waals surface area (Å²) in [5.74, 6) is 0. The minimum absolute atomic E-state index is 0.749. The van der Waals surface area contributed by atoms with Gasteiger partial charge in [0.05, 0.1) is 16.1 Å². The van der Waals surface area contributed by atoms with E-state index in [0.717, 1.165) is 116 Å². The molecule has 3 nitrogen and oxygen atoms in total. The third-order valence-corrected chi connectivity index (χ3v) is 39.4.